The summed E-state index contributed by atoms with van der Waals surface area (Å²) < 4.78 is 0. The van der Waals surface area contributed by atoms with Gasteiger partial charge in [-0.25, -0.2) is 0 Å². The van der Waals surface area contributed by atoms with Crippen molar-refractivity contribution in [2.45, 2.75) is 33.6 Å². The molecule has 2 fully saturated rings. The van der Waals surface area contributed by atoms with Crippen LogP contribution in [0.3, 0.4) is 0 Å². The molecule has 2 rings (SSSR count). The fourth-order valence-electron chi connectivity index (χ4n) is 2.53. The summed E-state index contributed by atoms with van der Waals surface area (Å²) in [7, 11) is 0. The highest BCUT2D eigenvalue weighted by atomic mass is 16.1. The molecule has 17 heavy (non-hydrogen) atoms. The van der Waals surface area contributed by atoms with Gasteiger partial charge in [-0.1, -0.05) is 20.8 Å². The van der Waals surface area contributed by atoms with Gasteiger partial charge in [-0.3, -0.25) is 9.69 Å². The number of rotatable bonds is 4. The SMILES string of the molecule is CC(C)(C)CN1CCN(CC(=O)C2CC2)CC1. The predicted octanol–water partition coefficient (Wildman–Crippen LogP) is 1.63. The van der Waals surface area contributed by atoms with Gasteiger partial charge in [0.15, 0.2) is 0 Å². The molecule has 0 bridgehead atoms. The molecule has 2 aliphatic rings. The Labute approximate surface area is 105 Å². The van der Waals surface area contributed by atoms with Gasteiger partial charge in [0.1, 0.15) is 5.78 Å². The topological polar surface area (TPSA) is 23.6 Å². The molecule has 1 heterocycles. The van der Waals surface area contributed by atoms with E-state index < -0.39 is 0 Å². The van der Waals surface area contributed by atoms with Crippen molar-refractivity contribution >= 4 is 5.78 Å². The van der Waals surface area contributed by atoms with Crippen molar-refractivity contribution in [1.82, 2.24) is 9.80 Å². The van der Waals surface area contributed by atoms with Gasteiger partial charge in [0.05, 0.1) is 6.54 Å². The van der Waals surface area contributed by atoms with Crippen molar-refractivity contribution in [3.05, 3.63) is 0 Å². The molecule has 0 aromatic heterocycles. The monoisotopic (exact) mass is 238 g/mol. The molecule has 0 radical (unpaired) electrons. The molecule has 3 heteroatoms. The number of hydrogen-bond acceptors (Lipinski definition) is 3. The lowest BCUT2D eigenvalue weighted by Crippen LogP contribution is -2.49. The van der Waals surface area contributed by atoms with Crippen LogP contribution in [0.1, 0.15) is 33.6 Å². The van der Waals surface area contributed by atoms with Gasteiger partial charge in [0.25, 0.3) is 0 Å². The van der Waals surface area contributed by atoms with Gasteiger partial charge < -0.3 is 4.90 Å². The summed E-state index contributed by atoms with van der Waals surface area (Å²) in [5.74, 6) is 0.900. The molecule has 98 valence electrons. The van der Waals surface area contributed by atoms with Crippen LogP contribution in [0.15, 0.2) is 0 Å². The summed E-state index contributed by atoms with van der Waals surface area (Å²) in [5, 5.41) is 0. The molecule has 0 spiro atoms. The number of hydrogen-bond donors (Lipinski definition) is 0. The third-order valence-corrected chi connectivity index (χ3v) is 3.57. The minimum Gasteiger partial charge on any atom is -0.300 e. The summed E-state index contributed by atoms with van der Waals surface area (Å²) in [6.07, 6.45) is 2.28. The molecule has 0 aromatic rings. The van der Waals surface area contributed by atoms with Gasteiger partial charge >= 0.3 is 0 Å². The van der Waals surface area contributed by atoms with E-state index in [-0.39, 0.29) is 0 Å². The molecule has 1 saturated heterocycles. The van der Waals surface area contributed by atoms with Crippen molar-refractivity contribution in [3.8, 4) is 0 Å². The van der Waals surface area contributed by atoms with E-state index >= 15 is 0 Å². The van der Waals surface area contributed by atoms with E-state index in [4.69, 9.17) is 0 Å². The highest BCUT2D eigenvalue weighted by molar-refractivity contribution is 5.84. The highest BCUT2D eigenvalue weighted by Gasteiger charge is 2.31. The van der Waals surface area contributed by atoms with Crippen molar-refractivity contribution in [2.75, 3.05) is 39.3 Å². The lowest BCUT2D eigenvalue weighted by atomic mass is 9.96. The molecule has 0 N–H and O–H groups in total. The molecule has 1 aliphatic carbocycles. The van der Waals surface area contributed by atoms with E-state index in [2.05, 4.69) is 30.6 Å². The Hall–Kier alpha value is -0.410. The van der Waals surface area contributed by atoms with E-state index in [1.807, 2.05) is 0 Å². The van der Waals surface area contributed by atoms with Crippen LogP contribution in [0.25, 0.3) is 0 Å². The maximum Gasteiger partial charge on any atom is 0.149 e. The Morgan fingerprint density at radius 2 is 1.59 bits per heavy atom. The molecule has 3 nitrogen and oxygen atoms in total. The third kappa shape index (κ3) is 4.40. The molecule has 0 amide bonds. The average Bonchev–Trinajstić information content (AvgIpc) is 3.02. The Morgan fingerprint density at radius 1 is 1.06 bits per heavy atom. The van der Waals surface area contributed by atoms with Crippen molar-refractivity contribution in [2.24, 2.45) is 11.3 Å². The van der Waals surface area contributed by atoms with Gasteiger partial charge in [-0.2, -0.15) is 0 Å². The van der Waals surface area contributed by atoms with Crippen LogP contribution in [0.4, 0.5) is 0 Å². The number of carbonyl (C=O) groups excluding carboxylic acids is 1. The smallest absolute Gasteiger partial charge is 0.149 e. The normalized spacial score (nSPS) is 23.9. The molecule has 1 aliphatic heterocycles. The van der Waals surface area contributed by atoms with Gasteiger partial charge in [-0.15, -0.1) is 0 Å². The summed E-state index contributed by atoms with van der Waals surface area (Å²) in [5.41, 5.74) is 0.381. The fraction of sp³-hybridized carbons (Fsp3) is 0.929. The first-order valence-corrected chi connectivity index (χ1v) is 6.91. The fourth-order valence-corrected chi connectivity index (χ4v) is 2.53. The van der Waals surface area contributed by atoms with E-state index in [1.165, 1.54) is 0 Å². The van der Waals surface area contributed by atoms with Gasteiger partial charge in [0.2, 0.25) is 0 Å². The van der Waals surface area contributed by atoms with Crippen LogP contribution in [0.5, 0.6) is 0 Å². The second kappa shape index (κ2) is 5.07. The minimum atomic E-state index is 0.381. The van der Waals surface area contributed by atoms with Crippen LogP contribution < -0.4 is 0 Å². The van der Waals surface area contributed by atoms with Crippen LogP contribution in [-0.2, 0) is 4.79 Å². The number of nitrogens with zero attached hydrogens (tertiary/aromatic N) is 2. The first-order chi connectivity index (χ1) is 7.94. The number of Topliss-reactive ketones (excluding diaryl/α,β-unsaturated/α-hetero) is 1. The Bertz CT molecular complexity index is 270. The quantitative estimate of drug-likeness (QED) is 0.744. The second-order valence-electron chi connectivity index (χ2n) is 6.85. The van der Waals surface area contributed by atoms with Crippen LogP contribution in [0.2, 0.25) is 0 Å². The van der Waals surface area contributed by atoms with Crippen LogP contribution >= 0.6 is 0 Å². The van der Waals surface area contributed by atoms with Crippen LogP contribution in [0, 0.1) is 11.3 Å². The predicted molar refractivity (Wildman–Crippen MR) is 70.1 cm³/mol. The zero-order valence-electron chi connectivity index (χ0n) is 11.5. The number of carbonyl (C=O) groups is 1. The first-order valence-electron chi connectivity index (χ1n) is 6.91. The molecule has 0 unspecified atom stereocenters. The summed E-state index contributed by atoms with van der Waals surface area (Å²) in [4.78, 5) is 16.6. The summed E-state index contributed by atoms with van der Waals surface area (Å²) >= 11 is 0. The third-order valence-electron chi connectivity index (χ3n) is 3.57. The molecular formula is C14H26N2O. The summed E-state index contributed by atoms with van der Waals surface area (Å²) in [6.45, 7) is 13.1. The first kappa shape index (κ1) is 13.0. The van der Waals surface area contributed by atoms with Crippen molar-refractivity contribution < 1.29 is 4.79 Å². The van der Waals surface area contributed by atoms with Gasteiger partial charge in [-0.05, 0) is 18.3 Å². The molecule has 0 atom stereocenters. The molecule has 1 saturated carbocycles. The molecule has 0 aromatic carbocycles. The lowest BCUT2D eigenvalue weighted by molar-refractivity contribution is -0.121. The second-order valence-corrected chi connectivity index (χ2v) is 6.85. The van der Waals surface area contributed by atoms with E-state index in [0.29, 0.717) is 23.7 Å². The lowest BCUT2D eigenvalue weighted by Gasteiger charge is -2.37. The van der Waals surface area contributed by atoms with Crippen molar-refractivity contribution in [1.29, 1.82) is 0 Å². The Morgan fingerprint density at radius 3 is 2.06 bits per heavy atom. The standard InChI is InChI=1S/C14H26N2O/c1-14(2,3)11-16-8-6-15(7-9-16)10-13(17)12-4-5-12/h12H,4-11H2,1-3H3. The maximum atomic E-state index is 11.7. The number of ketones is 1. The zero-order chi connectivity index (χ0) is 12.5. The largest absolute Gasteiger partial charge is 0.300 e. The molecular weight excluding hydrogens is 212 g/mol. The highest BCUT2D eigenvalue weighted by Crippen LogP contribution is 2.30. The Kier molecular flexibility index (Phi) is 3.88. The maximum absolute atomic E-state index is 11.7. The zero-order valence-corrected chi connectivity index (χ0v) is 11.5. The summed E-state index contributed by atoms with van der Waals surface area (Å²) in [6, 6.07) is 0. The minimum absolute atomic E-state index is 0.381. The van der Waals surface area contributed by atoms with Crippen LogP contribution in [-0.4, -0.2) is 54.9 Å². The van der Waals surface area contributed by atoms with E-state index in [1.54, 1.807) is 0 Å². The van der Waals surface area contributed by atoms with Gasteiger partial charge in [0, 0.05) is 38.6 Å². The van der Waals surface area contributed by atoms with E-state index in [9.17, 15) is 4.79 Å². The van der Waals surface area contributed by atoms with Crippen molar-refractivity contribution in [3.63, 3.8) is 0 Å². The van der Waals surface area contributed by atoms with E-state index in [0.717, 1.165) is 45.6 Å². The number of piperazine rings is 1. The average molecular weight is 238 g/mol. The Balaban J connectivity index is 1.68.